The highest BCUT2D eigenvalue weighted by Gasteiger charge is 2.26. The number of hydrogen-bond acceptors (Lipinski definition) is 1. The highest BCUT2D eigenvalue weighted by atomic mass is 19.1. The van der Waals surface area contributed by atoms with Gasteiger partial charge in [0.2, 0.25) is 0 Å². The Morgan fingerprint density at radius 1 is 1.00 bits per heavy atom. The first-order valence-electron chi connectivity index (χ1n) is 5.77. The van der Waals surface area contributed by atoms with Crippen LogP contribution in [0.4, 0.5) is 8.78 Å². The lowest BCUT2D eigenvalue weighted by molar-refractivity contribution is 0.365. The fraction of sp³-hybridized carbons (Fsp3) is 0.538. The monoisotopic (exact) mass is 227 g/mol. The molecule has 2 N–H and O–H groups in total. The number of halogens is 2. The Hall–Kier alpha value is -0.960. The summed E-state index contributed by atoms with van der Waals surface area (Å²) in [6, 6.07) is 3.56. The maximum atomic E-state index is 13.1. The summed E-state index contributed by atoms with van der Waals surface area (Å²) >= 11 is 0. The lowest BCUT2D eigenvalue weighted by Crippen LogP contribution is -2.36. The molecular formula is C13H19F2N. The molecule has 0 radical (unpaired) electrons. The molecule has 0 heterocycles. The third-order valence-electron chi connectivity index (χ3n) is 2.83. The van der Waals surface area contributed by atoms with Crippen molar-refractivity contribution in [3.63, 3.8) is 0 Å². The lowest BCUT2D eigenvalue weighted by atomic mass is 9.83. The van der Waals surface area contributed by atoms with Crippen LogP contribution < -0.4 is 5.73 Å². The fourth-order valence-electron chi connectivity index (χ4n) is 2.15. The summed E-state index contributed by atoms with van der Waals surface area (Å²) in [5.74, 6) is -1.12. The van der Waals surface area contributed by atoms with E-state index in [4.69, 9.17) is 5.73 Å². The van der Waals surface area contributed by atoms with Gasteiger partial charge in [-0.1, -0.05) is 26.7 Å². The molecule has 0 aliphatic heterocycles. The first-order valence-corrected chi connectivity index (χ1v) is 5.77. The Kier molecular flexibility index (Phi) is 4.42. The van der Waals surface area contributed by atoms with Crippen LogP contribution in [0.25, 0.3) is 0 Å². The second-order valence-electron chi connectivity index (χ2n) is 4.31. The van der Waals surface area contributed by atoms with Crippen molar-refractivity contribution in [1.29, 1.82) is 0 Å². The lowest BCUT2D eigenvalue weighted by Gasteiger charge is -2.29. The van der Waals surface area contributed by atoms with Gasteiger partial charge in [0.15, 0.2) is 0 Å². The predicted octanol–water partition coefficient (Wildman–Crippen LogP) is 3.72. The van der Waals surface area contributed by atoms with Gasteiger partial charge < -0.3 is 5.73 Å². The van der Waals surface area contributed by atoms with Gasteiger partial charge in [-0.05, 0) is 30.5 Å². The zero-order chi connectivity index (χ0) is 12.2. The summed E-state index contributed by atoms with van der Waals surface area (Å²) in [6.07, 6.45) is 3.27. The molecule has 0 spiro atoms. The molecule has 3 heteroatoms. The zero-order valence-electron chi connectivity index (χ0n) is 9.89. The molecule has 0 atom stereocenters. The van der Waals surface area contributed by atoms with E-state index in [0.29, 0.717) is 5.56 Å². The Balaban J connectivity index is 3.09. The van der Waals surface area contributed by atoms with Crippen LogP contribution in [0.3, 0.4) is 0 Å². The summed E-state index contributed by atoms with van der Waals surface area (Å²) in [5.41, 5.74) is 6.20. The minimum absolute atomic E-state index is 0.558. The highest BCUT2D eigenvalue weighted by Crippen LogP contribution is 2.29. The molecule has 0 fully saturated rings. The van der Waals surface area contributed by atoms with Crippen LogP contribution in [0, 0.1) is 11.6 Å². The minimum atomic E-state index is -0.605. The molecule has 0 aliphatic carbocycles. The molecule has 90 valence electrons. The van der Waals surface area contributed by atoms with Crippen molar-refractivity contribution in [1.82, 2.24) is 0 Å². The summed E-state index contributed by atoms with van der Waals surface area (Å²) < 4.78 is 26.3. The van der Waals surface area contributed by atoms with E-state index >= 15 is 0 Å². The molecular weight excluding hydrogens is 208 g/mol. The Morgan fingerprint density at radius 3 is 1.81 bits per heavy atom. The molecule has 1 aromatic carbocycles. The number of benzene rings is 1. The van der Waals surface area contributed by atoms with Crippen LogP contribution in [0.15, 0.2) is 18.2 Å². The minimum Gasteiger partial charge on any atom is -0.321 e. The van der Waals surface area contributed by atoms with Crippen molar-refractivity contribution < 1.29 is 8.78 Å². The van der Waals surface area contributed by atoms with Crippen molar-refractivity contribution in [2.75, 3.05) is 0 Å². The van der Waals surface area contributed by atoms with Crippen molar-refractivity contribution in [3.05, 3.63) is 35.4 Å². The van der Waals surface area contributed by atoms with Crippen molar-refractivity contribution in [2.45, 2.75) is 45.1 Å². The molecule has 16 heavy (non-hydrogen) atoms. The zero-order valence-corrected chi connectivity index (χ0v) is 9.89. The molecule has 1 nitrogen and oxygen atoms in total. The first-order chi connectivity index (χ1) is 7.51. The van der Waals surface area contributed by atoms with E-state index in [-0.39, 0.29) is 0 Å². The van der Waals surface area contributed by atoms with Crippen LogP contribution in [-0.2, 0) is 5.54 Å². The van der Waals surface area contributed by atoms with Gasteiger partial charge in [0.25, 0.3) is 0 Å². The third-order valence-corrected chi connectivity index (χ3v) is 2.83. The van der Waals surface area contributed by atoms with E-state index in [1.807, 2.05) is 13.8 Å². The summed E-state index contributed by atoms with van der Waals surface area (Å²) in [7, 11) is 0. The maximum Gasteiger partial charge on any atom is 0.126 e. The summed E-state index contributed by atoms with van der Waals surface area (Å²) in [4.78, 5) is 0. The molecule has 0 bridgehead atoms. The van der Waals surface area contributed by atoms with E-state index in [1.165, 1.54) is 12.1 Å². The van der Waals surface area contributed by atoms with Gasteiger partial charge in [-0.25, -0.2) is 8.78 Å². The predicted molar refractivity (Wildman–Crippen MR) is 62.0 cm³/mol. The van der Waals surface area contributed by atoms with Crippen LogP contribution in [0.1, 0.15) is 45.1 Å². The highest BCUT2D eigenvalue weighted by molar-refractivity contribution is 5.25. The third kappa shape index (κ3) is 3.01. The Labute approximate surface area is 95.7 Å². The van der Waals surface area contributed by atoms with E-state index in [2.05, 4.69) is 0 Å². The Bertz CT molecular complexity index is 324. The van der Waals surface area contributed by atoms with Gasteiger partial charge in [0.05, 0.1) is 0 Å². The van der Waals surface area contributed by atoms with Crippen molar-refractivity contribution in [3.8, 4) is 0 Å². The van der Waals surface area contributed by atoms with Gasteiger partial charge in [0, 0.05) is 11.6 Å². The number of nitrogens with two attached hydrogens (primary N) is 1. The number of rotatable bonds is 5. The van der Waals surface area contributed by atoms with Gasteiger partial charge in [-0.15, -0.1) is 0 Å². The molecule has 1 rings (SSSR count). The second kappa shape index (κ2) is 5.39. The van der Waals surface area contributed by atoms with Gasteiger partial charge in [0.1, 0.15) is 11.6 Å². The molecule has 0 saturated heterocycles. The quantitative estimate of drug-likeness (QED) is 0.815. The largest absolute Gasteiger partial charge is 0.321 e. The summed E-state index contributed by atoms with van der Waals surface area (Å²) in [6.45, 7) is 4.04. The van der Waals surface area contributed by atoms with E-state index in [0.717, 1.165) is 31.7 Å². The van der Waals surface area contributed by atoms with E-state index in [1.54, 1.807) is 0 Å². The molecule has 0 aromatic heterocycles. The average Bonchev–Trinajstić information content (AvgIpc) is 2.16. The van der Waals surface area contributed by atoms with Crippen molar-refractivity contribution >= 4 is 0 Å². The van der Waals surface area contributed by atoms with Crippen LogP contribution >= 0.6 is 0 Å². The molecule has 1 aromatic rings. The van der Waals surface area contributed by atoms with Gasteiger partial charge in [-0.2, -0.15) is 0 Å². The molecule has 0 aliphatic rings. The van der Waals surface area contributed by atoms with Crippen LogP contribution in [0.2, 0.25) is 0 Å². The standard InChI is InChI=1S/C13H19F2N/c1-3-5-13(16,6-4-2)10-7-11(14)9-12(15)8-10/h7-9H,3-6,16H2,1-2H3. The SMILES string of the molecule is CCCC(N)(CCC)c1cc(F)cc(F)c1. The topological polar surface area (TPSA) is 26.0 Å². The maximum absolute atomic E-state index is 13.1. The van der Waals surface area contributed by atoms with Gasteiger partial charge in [-0.3, -0.25) is 0 Å². The van der Waals surface area contributed by atoms with Crippen molar-refractivity contribution in [2.24, 2.45) is 5.73 Å². The van der Waals surface area contributed by atoms with E-state index < -0.39 is 17.2 Å². The van der Waals surface area contributed by atoms with Gasteiger partial charge >= 0.3 is 0 Å². The average molecular weight is 227 g/mol. The number of hydrogen-bond donors (Lipinski definition) is 1. The fourth-order valence-corrected chi connectivity index (χ4v) is 2.15. The van der Waals surface area contributed by atoms with E-state index in [9.17, 15) is 8.78 Å². The summed E-state index contributed by atoms with van der Waals surface area (Å²) in [5, 5.41) is 0. The molecule has 0 unspecified atom stereocenters. The molecule has 0 saturated carbocycles. The Morgan fingerprint density at radius 2 is 1.44 bits per heavy atom. The first kappa shape index (κ1) is 13.1. The smallest absolute Gasteiger partial charge is 0.126 e. The van der Waals surface area contributed by atoms with Crippen LogP contribution in [0.5, 0.6) is 0 Å². The normalized spacial score (nSPS) is 11.8. The second-order valence-corrected chi connectivity index (χ2v) is 4.31. The molecule has 0 amide bonds. The van der Waals surface area contributed by atoms with Crippen LogP contribution in [-0.4, -0.2) is 0 Å².